The van der Waals surface area contributed by atoms with Gasteiger partial charge in [-0.2, -0.15) is 0 Å². The predicted molar refractivity (Wildman–Crippen MR) is 106 cm³/mol. The summed E-state index contributed by atoms with van der Waals surface area (Å²) in [5, 5.41) is 0.351. The second-order valence-corrected chi connectivity index (χ2v) is 6.31. The van der Waals surface area contributed by atoms with Crippen molar-refractivity contribution in [3.8, 4) is 23.0 Å². The van der Waals surface area contributed by atoms with Gasteiger partial charge in [0, 0.05) is 11.6 Å². The molecule has 7 nitrogen and oxygen atoms in total. The lowest BCUT2D eigenvalue weighted by atomic mass is 10.1. The van der Waals surface area contributed by atoms with Crippen LogP contribution in [0.15, 0.2) is 36.4 Å². The van der Waals surface area contributed by atoms with E-state index in [1.807, 2.05) is 6.92 Å². The normalized spacial score (nSPS) is 12.1. The number of rotatable bonds is 8. The second-order valence-electron chi connectivity index (χ2n) is 5.90. The Morgan fingerprint density at radius 3 is 2.72 bits per heavy atom. The molecule has 0 aliphatic carbocycles. The molecular formula is C21H19ClO7. The summed E-state index contributed by atoms with van der Waals surface area (Å²) in [6.07, 6.45) is 2.72. The lowest BCUT2D eigenvalue weighted by Crippen LogP contribution is -2.12. The average Bonchev–Trinajstić information content (AvgIpc) is 3.18. The summed E-state index contributed by atoms with van der Waals surface area (Å²) in [5.74, 6) is 0.936. The van der Waals surface area contributed by atoms with Crippen molar-refractivity contribution in [1.82, 2.24) is 0 Å². The van der Waals surface area contributed by atoms with E-state index in [1.54, 1.807) is 30.3 Å². The number of ketones is 1. The molecule has 0 aromatic heterocycles. The highest BCUT2D eigenvalue weighted by Gasteiger charge is 2.17. The van der Waals surface area contributed by atoms with Gasteiger partial charge in [-0.1, -0.05) is 11.6 Å². The zero-order chi connectivity index (χ0) is 20.8. The minimum Gasteiger partial charge on any atom is -0.491 e. The Kier molecular flexibility index (Phi) is 6.61. The van der Waals surface area contributed by atoms with Crippen LogP contribution in [-0.4, -0.2) is 38.9 Å². The van der Waals surface area contributed by atoms with Crippen LogP contribution in [0.3, 0.4) is 0 Å². The molecule has 2 aromatic carbocycles. The second kappa shape index (κ2) is 9.34. The van der Waals surface area contributed by atoms with Gasteiger partial charge in [-0.05, 0) is 48.9 Å². The number of carbonyl (C=O) groups excluding carboxylic acids is 2. The van der Waals surface area contributed by atoms with Crippen molar-refractivity contribution >= 4 is 29.4 Å². The summed E-state index contributed by atoms with van der Waals surface area (Å²) in [6.45, 7) is 2.00. The molecule has 0 bridgehead atoms. The first-order chi connectivity index (χ1) is 14.0. The zero-order valence-electron chi connectivity index (χ0n) is 15.9. The molecule has 0 saturated heterocycles. The van der Waals surface area contributed by atoms with Crippen LogP contribution in [0.25, 0.3) is 6.08 Å². The standard InChI is InChI=1S/C21H19ClO7/c1-3-26-19-9-13(8-15(22)21(19)25-2)4-7-20(24)27-11-16(23)14-5-6-17-18(10-14)29-12-28-17/h4-10H,3,11-12H2,1-2H3/b7-4+. The number of Topliss-reactive ketones (excluding diaryl/α,β-unsaturated/α-hetero) is 1. The van der Waals surface area contributed by atoms with Crippen LogP contribution >= 0.6 is 11.6 Å². The maximum absolute atomic E-state index is 12.2. The molecule has 29 heavy (non-hydrogen) atoms. The Morgan fingerprint density at radius 2 is 1.97 bits per heavy atom. The number of ether oxygens (including phenoxy) is 5. The first-order valence-electron chi connectivity index (χ1n) is 8.79. The molecule has 3 rings (SSSR count). The van der Waals surface area contributed by atoms with E-state index < -0.39 is 12.6 Å². The molecule has 0 N–H and O–H groups in total. The molecule has 0 saturated carbocycles. The monoisotopic (exact) mass is 418 g/mol. The first kappa shape index (κ1) is 20.5. The number of benzene rings is 2. The van der Waals surface area contributed by atoms with Crippen LogP contribution in [0.1, 0.15) is 22.8 Å². The molecule has 8 heteroatoms. The molecule has 152 valence electrons. The summed E-state index contributed by atoms with van der Waals surface area (Å²) in [4.78, 5) is 24.2. The third-order valence-electron chi connectivity index (χ3n) is 3.99. The number of halogens is 1. The summed E-state index contributed by atoms with van der Waals surface area (Å²) < 4.78 is 26.2. The van der Waals surface area contributed by atoms with Crippen molar-refractivity contribution in [2.75, 3.05) is 27.1 Å². The van der Waals surface area contributed by atoms with Gasteiger partial charge < -0.3 is 23.7 Å². The molecule has 0 amide bonds. The van der Waals surface area contributed by atoms with E-state index in [0.717, 1.165) is 0 Å². The lowest BCUT2D eigenvalue weighted by molar-refractivity contribution is -0.136. The van der Waals surface area contributed by atoms with Crippen LogP contribution in [-0.2, 0) is 9.53 Å². The fourth-order valence-corrected chi connectivity index (χ4v) is 2.94. The van der Waals surface area contributed by atoms with Crippen LogP contribution in [0.5, 0.6) is 23.0 Å². The van der Waals surface area contributed by atoms with Crippen LogP contribution in [0, 0.1) is 0 Å². The van der Waals surface area contributed by atoms with E-state index in [0.29, 0.717) is 45.8 Å². The molecule has 0 spiro atoms. The molecule has 0 fully saturated rings. The number of hydrogen-bond donors (Lipinski definition) is 0. The zero-order valence-corrected chi connectivity index (χ0v) is 16.7. The number of carbonyl (C=O) groups is 2. The topological polar surface area (TPSA) is 80.3 Å². The van der Waals surface area contributed by atoms with Gasteiger partial charge in [-0.15, -0.1) is 0 Å². The minimum atomic E-state index is -0.663. The van der Waals surface area contributed by atoms with Crippen molar-refractivity contribution in [3.63, 3.8) is 0 Å². The maximum Gasteiger partial charge on any atom is 0.331 e. The van der Waals surface area contributed by atoms with E-state index in [4.69, 9.17) is 35.3 Å². The Bertz CT molecular complexity index is 952. The number of hydrogen-bond acceptors (Lipinski definition) is 7. The van der Waals surface area contributed by atoms with Crippen molar-refractivity contribution < 1.29 is 33.3 Å². The van der Waals surface area contributed by atoms with Gasteiger partial charge in [0.15, 0.2) is 35.4 Å². The highest BCUT2D eigenvalue weighted by Crippen LogP contribution is 2.36. The largest absolute Gasteiger partial charge is 0.491 e. The van der Waals surface area contributed by atoms with Gasteiger partial charge in [0.25, 0.3) is 0 Å². The highest BCUT2D eigenvalue weighted by atomic mass is 35.5. The van der Waals surface area contributed by atoms with Gasteiger partial charge in [-0.3, -0.25) is 4.79 Å². The molecular weight excluding hydrogens is 400 g/mol. The van der Waals surface area contributed by atoms with E-state index in [9.17, 15) is 9.59 Å². The quantitative estimate of drug-likeness (QED) is 0.365. The van der Waals surface area contributed by atoms with Gasteiger partial charge in [0.2, 0.25) is 6.79 Å². The third kappa shape index (κ3) is 5.00. The fourth-order valence-electron chi connectivity index (χ4n) is 2.65. The molecule has 0 radical (unpaired) electrons. The Hall–Kier alpha value is -3.19. The van der Waals surface area contributed by atoms with Crippen LogP contribution in [0.2, 0.25) is 5.02 Å². The van der Waals surface area contributed by atoms with Crippen LogP contribution < -0.4 is 18.9 Å². The number of methoxy groups -OCH3 is 1. The minimum absolute atomic E-state index is 0.118. The summed E-state index contributed by atoms with van der Waals surface area (Å²) in [7, 11) is 1.49. The SMILES string of the molecule is CCOc1cc(/C=C/C(=O)OCC(=O)c2ccc3c(c2)OCO3)cc(Cl)c1OC. The summed E-state index contributed by atoms with van der Waals surface area (Å²) >= 11 is 6.18. The molecule has 0 unspecified atom stereocenters. The fraction of sp³-hybridized carbons (Fsp3) is 0.238. The number of esters is 1. The molecule has 2 aromatic rings. The van der Waals surface area contributed by atoms with Gasteiger partial charge in [0.05, 0.1) is 18.7 Å². The van der Waals surface area contributed by atoms with Crippen molar-refractivity contribution in [1.29, 1.82) is 0 Å². The van der Waals surface area contributed by atoms with E-state index in [-0.39, 0.29) is 12.6 Å². The Morgan fingerprint density at radius 1 is 1.17 bits per heavy atom. The third-order valence-corrected chi connectivity index (χ3v) is 4.27. The average molecular weight is 419 g/mol. The maximum atomic E-state index is 12.2. The molecule has 1 aliphatic heterocycles. The van der Waals surface area contributed by atoms with E-state index in [2.05, 4.69) is 0 Å². The van der Waals surface area contributed by atoms with Crippen LogP contribution in [0.4, 0.5) is 0 Å². The van der Waals surface area contributed by atoms with E-state index in [1.165, 1.54) is 19.3 Å². The molecule has 1 aliphatic rings. The lowest BCUT2D eigenvalue weighted by Gasteiger charge is -2.11. The van der Waals surface area contributed by atoms with Crippen molar-refractivity contribution in [2.45, 2.75) is 6.92 Å². The molecule has 0 atom stereocenters. The summed E-state index contributed by atoms with van der Waals surface area (Å²) in [5.41, 5.74) is 0.993. The predicted octanol–water partition coefficient (Wildman–Crippen LogP) is 3.92. The highest BCUT2D eigenvalue weighted by molar-refractivity contribution is 6.32. The van der Waals surface area contributed by atoms with E-state index >= 15 is 0 Å². The van der Waals surface area contributed by atoms with Gasteiger partial charge >= 0.3 is 5.97 Å². The number of fused-ring (bicyclic) bond motifs is 1. The van der Waals surface area contributed by atoms with Gasteiger partial charge in [-0.25, -0.2) is 4.79 Å². The summed E-state index contributed by atoms with van der Waals surface area (Å²) in [6, 6.07) is 8.11. The van der Waals surface area contributed by atoms with Gasteiger partial charge in [0.1, 0.15) is 0 Å². The van der Waals surface area contributed by atoms with Crippen molar-refractivity contribution in [3.05, 3.63) is 52.6 Å². The smallest absolute Gasteiger partial charge is 0.331 e. The Labute approximate surface area is 172 Å². The first-order valence-corrected chi connectivity index (χ1v) is 9.17. The van der Waals surface area contributed by atoms with Crippen molar-refractivity contribution in [2.24, 2.45) is 0 Å². The molecule has 1 heterocycles. The Balaban J connectivity index is 1.60.